The van der Waals surface area contributed by atoms with Crippen LogP contribution in [0.1, 0.15) is 101 Å². The molecule has 3 N–H and O–H groups in total. The van der Waals surface area contributed by atoms with Crippen molar-refractivity contribution in [2.75, 3.05) is 5.32 Å². The van der Waals surface area contributed by atoms with E-state index in [2.05, 4.69) is 35.2 Å². The highest BCUT2D eigenvalue weighted by atomic mass is 16.8. The molecule has 1 aromatic heterocycles. The Morgan fingerprint density at radius 2 is 1.80 bits per heavy atom. The van der Waals surface area contributed by atoms with Gasteiger partial charge in [-0.15, -0.1) is 0 Å². The lowest BCUT2D eigenvalue weighted by Crippen LogP contribution is -2.53. The summed E-state index contributed by atoms with van der Waals surface area (Å²) < 4.78 is 19.1. The van der Waals surface area contributed by atoms with Crippen molar-refractivity contribution in [3.63, 3.8) is 0 Å². The van der Waals surface area contributed by atoms with Crippen molar-refractivity contribution in [2.45, 2.75) is 108 Å². The minimum Gasteiger partial charge on any atom is -0.385 e. The predicted molar refractivity (Wildman–Crippen MR) is 148 cm³/mol. The number of aromatic amines is 1. The number of hydrogen-bond donors (Lipinski definition) is 3. The minimum absolute atomic E-state index is 0.0697. The Hall–Kier alpha value is -3.03. The number of nitriles is 1. The van der Waals surface area contributed by atoms with Gasteiger partial charge in [-0.3, -0.25) is 4.79 Å². The molecular weight excluding hydrogens is 508 g/mol. The summed E-state index contributed by atoms with van der Waals surface area (Å²) >= 11 is 0. The zero-order valence-corrected chi connectivity index (χ0v) is 24.1. The molecule has 1 amide bonds. The lowest BCUT2D eigenvalue weighted by molar-refractivity contribution is -0.270. The lowest BCUT2D eigenvalue weighted by atomic mass is 9.74. The number of fused-ring (bicyclic) bond motifs is 5. The maximum atomic E-state index is 13.0. The molecule has 3 fully saturated rings. The van der Waals surface area contributed by atoms with Crippen molar-refractivity contribution < 1.29 is 24.1 Å². The zero-order chi connectivity index (χ0) is 28.7. The standard InChI is InChI=1S/C31H38N4O5/c1-27(2)11-9-18(10-12-27)21-13-19(7-8-22(21)35-26(36)25-33-15-20(14-32)34-25)31(37)16-29(5)23-24(30(6,17-31)40-29)39-28(3,4)38-23/h7-9,13,15,23-24,37H,10-12,16-17H2,1-6H3,(H,33,34)(H,35,36)/t23-,24+,29+,30?,31?/m1/s1. The molecule has 5 atom stereocenters. The van der Waals surface area contributed by atoms with Crippen molar-refractivity contribution in [2.24, 2.45) is 5.41 Å². The highest BCUT2D eigenvalue weighted by Gasteiger charge is 2.71. The average molecular weight is 547 g/mol. The van der Waals surface area contributed by atoms with Crippen LogP contribution in [-0.2, 0) is 19.8 Å². The Balaban J connectivity index is 1.37. The molecule has 1 aliphatic carbocycles. The van der Waals surface area contributed by atoms with Crippen LogP contribution >= 0.6 is 0 Å². The monoisotopic (exact) mass is 546 g/mol. The number of carbonyl (C=O) groups excluding carboxylic acids is 1. The molecule has 2 unspecified atom stereocenters. The van der Waals surface area contributed by atoms with Crippen molar-refractivity contribution in [1.29, 1.82) is 5.26 Å². The number of nitrogens with one attached hydrogen (secondary N) is 2. The van der Waals surface area contributed by atoms with Gasteiger partial charge < -0.3 is 29.6 Å². The Kier molecular flexibility index (Phi) is 5.93. The second kappa shape index (κ2) is 8.73. The SMILES string of the molecule is CC1(C)CC=C(c2cc(C3(O)CC4(C)O[C@@](C)(C3)[C@@H]3OC(C)(C)O[C@@H]34)ccc2NC(=O)c2ncc(C#N)[nH]2)CC1. The van der Waals surface area contributed by atoms with Gasteiger partial charge in [0.1, 0.15) is 24.0 Å². The van der Waals surface area contributed by atoms with E-state index in [1.54, 1.807) is 0 Å². The third-order valence-corrected chi connectivity index (χ3v) is 9.09. The Labute approximate surface area is 234 Å². The van der Waals surface area contributed by atoms with E-state index in [4.69, 9.17) is 19.5 Å². The summed E-state index contributed by atoms with van der Waals surface area (Å²) in [5.41, 5.74) is 1.22. The first-order valence-corrected chi connectivity index (χ1v) is 14.0. The molecule has 6 rings (SSSR count). The number of aromatic nitrogens is 2. The summed E-state index contributed by atoms with van der Waals surface area (Å²) in [4.78, 5) is 19.8. The number of benzene rings is 1. The normalized spacial score (nSPS) is 35.5. The van der Waals surface area contributed by atoms with E-state index in [1.165, 1.54) is 6.20 Å². The number of carbonyl (C=O) groups is 1. The molecule has 0 radical (unpaired) electrons. The van der Waals surface area contributed by atoms with Crippen LogP contribution in [0.2, 0.25) is 0 Å². The molecule has 212 valence electrons. The fraction of sp³-hybridized carbons (Fsp3) is 0.581. The van der Waals surface area contributed by atoms with Crippen LogP contribution in [0.25, 0.3) is 5.57 Å². The van der Waals surface area contributed by atoms with E-state index in [9.17, 15) is 9.90 Å². The largest absolute Gasteiger partial charge is 0.385 e. The fourth-order valence-electron chi connectivity index (χ4n) is 7.21. The molecule has 3 saturated heterocycles. The summed E-state index contributed by atoms with van der Waals surface area (Å²) in [6, 6.07) is 7.71. The molecule has 4 aliphatic rings. The van der Waals surface area contributed by atoms with E-state index in [0.29, 0.717) is 18.5 Å². The number of rotatable bonds is 4. The zero-order valence-electron chi connectivity index (χ0n) is 24.1. The minimum atomic E-state index is -1.18. The Morgan fingerprint density at radius 1 is 1.12 bits per heavy atom. The van der Waals surface area contributed by atoms with Crippen molar-refractivity contribution in [3.8, 4) is 6.07 Å². The first-order valence-electron chi connectivity index (χ1n) is 14.0. The maximum Gasteiger partial charge on any atom is 0.291 e. The van der Waals surface area contributed by atoms with Gasteiger partial charge in [-0.05, 0) is 75.6 Å². The van der Waals surface area contributed by atoms with Crippen LogP contribution in [-0.4, -0.2) is 50.2 Å². The molecule has 2 aromatic rings. The molecule has 40 heavy (non-hydrogen) atoms. The number of allylic oxidation sites excluding steroid dienone is 2. The summed E-state index contributed by atoms with van der Waals surface area (Å²) in [5.74, 6) is -1.06. The van der Waals surface area contributed by atoms with Gasteiger partial charge in [-0.2, -0.15) is 5.26 Å². The van der Waals surface area contributed by atoms with E-state index in [-0.39, 0.29) is 29.1 Å². The highest BCUT2D eigenvalue weighted by Crippen LogP contribution is 2.60. The second-order valence-corrected chi connectivity index (χ2v) is 13.7. The van der Waals surface area contributed by atoms with Crippen LogP contribution in [0.15, 0.2) is 30.5 Å². The molecule has 4 heterocycles. The molecule has 9 nitrogen and oxygen atoms in total. The number of imidazole rings is 1. The van der Waals surface area contributed by atoms with Crippen LogP contribution in [0.3, 0.4) is 0 Å². The van der Waals surface area contributed by atoms with Crippen LogP contribution in [0.4, 0.5) is 5.69 Å². The molecule has 2 bridgehead atoms. The molecular formula is C31H38N4O5. The topological polar surface area (TPSA) is 129 Å². The molecule has 0 spiro atoms. The van der Waals surface area contributed by atoms with Crippen LogP contribution < -0.4 is 5.32 Å². The van der Waals surface area contributed by atoms with E-state index >= 15 is 0 Å². The summed E-state index contributed by atoms with van der Waals surface area (Å²) in [6.45, 7) is 12.4. The smallest absolute Gasteiger partial charge is 0.291 e. The van der Waals surface area contributed by atoms with Crippen molar-refractivity contribution in [1.82, 2.24) is 9.97 Å². The number of H-pyrrole nitrogens is 1. The van der Waals surface area contributed by atoms with E-state index in [0.717, 1.165) is 36.0 Å². The molecule has 9 heteroatoms. The first-order chi connectivity index (χ1) is 18.6. The Bertz CT molecular complexity index is 1420. The second-order valence-electron chi connectivity index (χ2n) is 13.7. The van der Waals surface area contributed by atoms with Crippen molar-refractivity contribution in [3.05, 3.63) is 53.1 Å². The fourth-order valence-corrected chi connectivity index (χ4v) is 7.21. The van der Waals surface area contributed by atoms with E-state index < -0.39 is 28.5 Å². The number of aliphatic hydroxyl groups is 1. The quantitative estimate of drug-likeness (QED) is 0.482. The van der Waals surface area contributed by atoms with Gasteiger partial charge in [0.2, 0.25) is 0 Å². The maximum absolute atomic E-state index is 13.0. The van der Waals surface area contributed by atoms with Crippen LogP contribution in [0.5, 0.6) is 0 Å². The third kappa shape index (κ3) is 4.47. The first kappa shape index (κ1) is 27.2. The van der Waals surface area contributed by atoms with Gasteiger partial charge in [-0.25, -0.2) is 4.98 Å². The Morgan fingerprint density at radius 3 is 2.38 bits per heavy atom. The predicted octanol–water partition coefficient (Wildman–Crippen LogP) is 5.18. The highest BCUT2D eigenvalue weighted by molar-refractivity contribution is 6.03. The van der Waals surface area contributed by atoms with Gasteiger partial charge in [-0.1, -0.05) is 26.0 Å². The number of ether oxygens (including phenoxy) is 3. The third-order valence-electron chi connectivity index (χ3n) is 9.09. The van der Waals surface area contributed by atoms with Gasteiger partial charge in [0.05, 0.1) is 23.0 Å². The summed E-state index contributed by atoms with van der Waals surface area (Å²) in [7, 11) is 0. The number of hydrogen-bond acceptors (Lipinski definition) is 7. The molecule has 1 aromatic carbocycles. The van der Waals surface area contributed by atoms with Gasteiger partial charge in [0.15, 0.2) is 11.6 Å². The van der Waals surface area contributed by atoms with Crippen molar-refractivity contribution >= 4 is 17.2 Å². The van der Waals surface area contributed by atoms with E-state index in [1.807, 2.05) is 52.0 Å². The number of amides is 1. The molecule has 0 saturated carbocycles. The lowest BCUT2D eigenvalue weighted by Gasteiger charge is -2.48. The van der Waals surface area contributed by atoms with Gasteiger partial charge >= 0.3 is 0 Å². The number of nitrogens with zero attached hydrogens (tertiary/aromatic N) is 2. The molecule has 3 aliphatic heterocycles. The average Bonchev–Trinajstić information content (AvgIpc) is 3.51. The van der Waals surface area contributed by atoms with Crippen LogP contribution in [0, 0.1) is 16.7 Å². The summed E-state index contributed by atoms with van der Waals surface area (Å²) in [5, 5.41) is 24.4. The summed E-state index contributed by atoms with van der Waals surface area (Å²) in [6.07, 6.45) is 6.53. The van der Waals surface area contributed by atoms with Gasteiger partial charge in [0.25, 0.3) is 5.91 Å². The van der Waals surface area contributed by atoms with Gasteiger partial charge in [0, 0.05) is 24.1 Å². The number of anilines is 1.